The van der Waals surface area contributed by atoms with Gasteiger partial charge in [0.2, 0.25) is 0 Å². The van der Waals surface area contributed by atoms with Crippen molar-refractivity contribution in [2.24, 2.45) is 16.9 Å². The van der Waals surface area contributed by atoms with Crippen molar-refractivity contribution in [1.82, 2.24) is 0 Å². The molecule has 2 nitrogen and oxygen atoms in total. The molecule has 0 aromatic heterocycles. The molecule has 70 valence electrons. The van der Waals surface area contributed by atoms with Crippen molar-refractivity contribution in [2.75, 3.05) is 13.1 Å². The molecule has 0 heterocycles. The molecule has 4 N–H and O–H groups in total. The van der Waals surface area contributed by atoms with Crippen LogP contribution in [0.2, 0.25) is 0 Å². The summed E-state index contributed by atoms with van der Waals surface area (Å²) < 4.78 is 0. The van der Waals surface area contributed by atoms with E-state index in [-0.39, 0.29) is 21.1 Å². The van der Waals surface area contributed by atoms with E-state index in [9.17, 15) is 0 Å². The van der Waals surface area contributed by atoms with Gasteiger partial charge in [-0.25, -0.2) is 0 Å². The van der Waals surface area contributed by atoms with Gasteiger partial charge in [-0.15, -0.1) is 0 Å². The number of hydrogen-bond acceptors (Lipinski definition) is 2. The Morgan fingerprint density at radius 3 is 1.64 bits per heavy atom. The molecule has 0 saturated heterocycles. The van der Waals surface area contributed by atoms with Gasteiger partial charge in [-0.05, 0) is 31.3 Å². The van der Waals surface area contributed by atoms with Gasteiger partial charge in [0, 0.05) is 21.1 Å². The van der Waals surface area contributed by atoms with E-state index < -0.39 is 0 Å². The summed E-state index contributed by atoms with van der Waals surface area (Å²) in [6, 6.07) is 0. The average Bonchev–Trinajstić information content (AvgIpc) is 2.06. The standard InChI is InChI=1S/C8H18N2.Pt/c9-6-8(7-10)4-2-1-3-5-8;/h1-7,9-10H2;. The van der Waals surface area contributed by atoms with Gasteiger partial charge in [0.05, 0.1) is 0 Å². The molecule has 0 bridgehead atoms. The van der Waals surface area contributed by atoms with E-state index in [1.807, 2.05) is 0 Å². The Hall–Kier alpha value is 0.608. The van der Waals surface area contributed by atoms with E-state index in [4.69, 9.17) is 11.5 Å². The van der Waals surface area contributed by atoms with E-state index in [0.717, 1.165) is 13.1 Å². The first-order valence-electron chi connectivity index (χ1n) is 4.23. The first kappa shape index (κ1) is 11.6. The second kappa shape index (κ2) is 5.29. The van der Waals surface area contributed by atoms with Gasteiger partial charge in [0.15, 0.2) is 0 Å². The maximum absolute atomic E-state index is 5.67. The Morgan fingerprint density at radius 2 is 1.36 bits per heavy atom. The van der Waals surface area contributed by atoms with Gasteiger partial charge < -0.3 is 11.5 Å². The molecule has 3 heteroatoms. The number of hydrogen-bond donors (Lipinski definition) is 2. The Kier molecular flexibility index (Phi) is 5.58. The summed E-state index contributed by atoms with van der Waals surface area (Å²) in [6.07, 6.45) is 6.53. The van der Waals surface area contributed by atoms with Crippen LogP contribution in [0.25, 0.3) is 0 Å². The van der Waals surface area contributed by atoms with Crippen LogP contribution in [-0.2, 0) is 21.1 Å². The SMILES string of the molecule is NCC1(CN)CCCCC1.[Pt]. The fraction of sp³-hybridized carbons (Fsp3) is 1.00. The first-order chi connectivity index (χ1) is 4.83. The van der Waals surface area contributed by atoms with Gasteiger partial charge in [-0.3, -0.25) is 0 Å². The van der Waals surface area contributed by atoms with E-state index >= 15 is 0 Å². The van der Waals surface area contributed by atoms with E-state index in [1.54, 1.807) is 0 Å². The van der Waals surface area contributed by atoms with Crippen LogP contribution in [0, 0.1) is 5.41 Å². The van der Waals surface area contributed by atoms with Crippen LogP contribution < -0.4 is 11.5 Å². The maximum Gasteiger partial charge on any atom is 0 e. The van der Waals surface area contributed by atoms with Crippen LogP contribution in [-0.4, -0.2) is 13.1 Å². The monoisotopic (exact) mass is 337 g/mol. The van der Waals surface area contributed by atoms with Crippen molar-refractivity contribution < 1.29 is 21.1 Å². The van der Waals surface area contributed by atoms with Crippen molar-refractivity contribution >= 4 is 0 Å². The van der Waals surface area contributed by atoms with Crippen LogP contribution in [0.15, 0.2) is 0 Å². The Bertz CT molecular complexity index is 94.3. The molecule has 0 aromatic rings. The van der Waals surface area contributed by atoms with E-state index in [2.05, 4.69) is 0 Å². The van der Waals surface area contributed by atoms with Gasteiger partial charge in [-0.1, -0.05) is 19.3 Å². The molecule has 1 rings (SSSR count). The van der Waals surface area contributed by atoms with Crippen molar-refractivity contribution in [1.29, 1.82) is 0 Å². The van der Waals surface area contributed by atoms with Gasteiger partial charge in [0.1, 0.15) is 0 Å². The van der Waals surface area contributed by atoms with Crippen molar-refractivity contribution in [3.8, 4) is 0 Å². The van der Waals surface area contributed by atoms with Gasteiger partial charge >= 0.3 is 0 Å². The quantitative estimate of drug-likeness (QED) is 0.785. The fourth-order valence-corrected chi connectivity index (χ4v) is 1.79. The predicted molar refractivity (Wildman–Crippen MR) is 43.6 cm³/mol. The summed E-state index contributed by atoms with van der Waals surface area (Å²) in [4.78, 5) is 0. The molecule has 0 aromatic carbocycles. The van der Waals surface area contributed by atoms with E-state index in [1.165, 1.54) is 32.1 Å². The number of nitrogens with two attached hydrogens (primary N) is 2. The molecule has 0 atom stereocenters. The molecular weight excluding hydrogens is 319 g/mol. The van der Waals surface area contributed by atoms with Crippen molar-refractivity contribution in [3.63, 3.8) is 0 Å². The third-order valence-electron chi connectivity index (χ3n) is 2.78. The summed E-state index contributed by atoms with van der Waals surface area (Å²) in [5.41, 5.74) is 11.7. The number of rotatable bonds is 2. The van der Waals surface area contributed by atoms with Crippen molar-refractivity contribution in [3.05, 3.63) is 0 Å². The molecule has 1 saturated carbocycles. The first-order valence-corrected chi connectivity index (χ1v) is 4.23. The molecular formula is C8H18N2Pt. The second-order valence-corrected chi connectivity index (χ2v) is 3.47. The van der Waals surface area contributed by atoms with Crippen LogP contribution in [0.5, 0.6) is 0 Å². The minimum absolute atomic E-state index is 0. The molecule has 0 spiro atoms. The van der Waals surface area contributed by atoms with Crippen molar-refractivity contribution in [2.45, 2.75) is 32.1 Å². The summed E-state index contributed by atoms with van der Waals surface area (Å²) in [5.74, 6) is 0. The molecule has 0 radical (unpaired) electrons. The average molecular weight is 337 g/mol. The summed E-state index contributed by atoms with van der Waals surface area (Å²) >= 11 is 0. The summed E-state index contributed by atoms with van der Waals surface area (Å²) in [7, 11) is 0. The zero-order valence-corrected chi connectivity index (χ0v) is 9.19. The van der Waals surface area contributed by atoms with E-state index in [0.29, 0.717) is 5.41 Å². The fourth-order valence-electron chi connectivity index (χ4n) is 1.79. The van der Waals surface area contributed by atoms with Crippen LogP contribution >= 0.6 is 0 Å². The molecule has 1 aliphatic carbocycles. The van der Waals surface area contributed by atoms with Gasteiger partial charge in [0.25, 0.3) is 0 Å². The van der Waals surface area contributed by atoms with Crippen LogP contribution in [0.3, 0.4) is 0 Å². The zero-order valence-electron chi connectivity index (χ0n) is 6.92. The normalized spacial score (nSPS) is 22.4. The molecule has 1 fully saturated rings. The smallest absolute Gasteiger partial charge is 0 e. The summed E-state index contributed by atoms with van der Waals surface area (Å²) in [5, 5.41) is 0. The maximum atomic E-state index is 5.67. The van der Waals surface area contributed by atoms with Crippen LogP contribution in [0.4, 0.5) is 0 Å². The summed E-state index contributed by atoms with van der Waals surface area (Å²) in [6.45, 7) is 1.56. The van der Waals surface area contributed by atoms with Crippen LogP contribution in [0.1, 0.15) is 32.1 Å². The predicted octanol–water partition coefficient (Wildman–Crippen LogP) is 0.852. The van der Waals surface area contributed by atoms with Gasteiger partial charge in [-0.2, -0.15) is 0 Å². The largest absolute Gasteiger partial charge is 0.330 e. The molecule has 0 aliphatic heterocycles. The topological polar surface area (TPSA) is 52.0 Å². The third-order valence-corrected chi connectivity index (χ3v) is 2.78. The molecule has 1 aliphatic rings. The molecule has 0 unspecified atom stereocenters. The molecule has 0 amide bonds. The Morgan fingerprint density at radius 1 is 0.909 bits per heavy atom. The Balaban J connectivity index is 0.000001000. The minimum atomic E-state index is 0. The minimum Gasteiger partial charge on any atom is -0.330 e. The third kappa shape index (κ3) is 2.85. The zero-order chi connectivity index (χ0) is 7.45. The second-order valence-electron chi connectivity index (χ2n) is 3.47. The molecule has 11 heavy (non-hydrogen) atoms. The Labute approximate surface area is 83.4 Å².